The van der Waals surface area contributed by atoms with Crippen molar-refractivity contribution in [1.82, 2.24) is 14.7 Å². The van der Waals surface area contributed by atoms with Crippen molar-refractivity contribution in [2.45, 2.75) is 6.54 Å². The molecule has 0 saturated carbocycles. The Morgan fingerprint density at radius 1 is 0.966 bits per heavy atom. The number of hydrogen-bond acceptors (Lipinski definition) is 5. The lowest BCUT2D eigenvalue weighted by Gasteiger charge is -2.26. The third-order valence-corrected chi connectivity index (χ3v) is 5.17. The lowest BCUT2D eigenvalue weighted by molar-refractivity contribution is 0.0358. The summed E-state index contributed by atoms with van der Waals surface area (Å²) >= 11 is 0. The van der Waals surface area contributed by atoms with Crippen molar-refractivity contribution in [3.8, 4) is 28.1 Å². The van der Waals surface area contributed by atoms with Crippen LogP contribution in [-0.2, 0) is 11.3 Å². The molecule has 0 amide bonds. The number of hydrogen-bond donors (Lipinski definition) is 0. The standard InChI is InChI=1S/C23H25N3O3/c1-28-22-10-6-5-9-19(22)21-17-20(18-7-3-2-4-8-18)23(27)26(24-21)12-11-25-13-15-29-16-14-25/h2-10,17H,11-16H2,1H3. The van der Waals surface area contributed by atoms with Gasteiger partial charge in [0.05, 0.1) is 38.1 Å². The maximum atomic E-state index is 13.2. The summed E-state index contributed by atoms with van der Waals surface area (Å²) < 4.78 is 12.5. The quantitative estimate of drug-likeness (QED) is 0.647. The third kappa shape index (κ3) is 4.39. The van der Waals surface area contributed by atoms with E-state index in [1.165, 1.54) is 0 Å². The summed E-state index contributed by atoms with van der Waals surface area (Å²) in [6.07, 6.45) is 0. The van der Waals surface area contributed by atoms with Gasteiger partial charge in [0.2, 0.25) is 0 Å². The fourth-order valence-corrected chi connectivity index (χ4v) is 3.57. The minimum Gasteiger partial charge on any atom is -0.496 e. The molecule has 0 radical (unpaired) electrons. The Hall–Kier alpha value is -2.96. The lowest BCUT2D eigenvalue weighted by Crippen LogP contribution is -2.39. The van der Waals surface area contributed by atoms with Gasteiger partial charge >= 0.3 is 0 Å². The van der Waals surface area contributed by atoms with Crippen LogP contribution in [-0.4, -0.2) is 54.6 Å². The van der Waals surface area contributed by atoms with E-state index in [1.54, 1.807) is 11.8 Å². The molecular formula is C23H25N3O3. The van der Waals surface area contributed by atoms with E-state index < -0.39 is 0 Å². The average Bonchev–Trinajstić information content (AvgIpc) is 2.79. The molecule has 1 fully saturated rings. The predicted octanol–water partition coefficient (Wildman–Crippen LogP) is 2.92. The van der Waals surface area contributed by atoms with Crippen LogP contribution in [0.4, 0.5) is 0 Å². The molecule has 1 aliphatic heterocycles. The Labute approximate surface area is 170 Å². The van der Waals surface area contributed by atoms with Gasteiger partial charge in [-0.25, -0.2) is 4.68 Å². The van der Waals surface area contributed by atoms with E-state index in [-0.39, 0.29) is 5.56 Å². The number of para-hydroxylation sites is 1. The van der Waals surface area contributed by atoms with E-state index in [0.717, 1.165) is 55.4 Å². The third-order valence-electron chi connectivity index (χ3n) is 5.17. The van der Waals surface area contributed by atoms with Crippen LogP contribution in [0.2, 0.25) is 0 Å². The van der Waals surface area contributed by atoms with E-state index >= 15 is 0 Å². The Balaban J connectivity index is 1.76. The van der Waals surface area contributed by atoms with Gasteiger partial charge in [0.1, 0.15) is 5.75 Å². The highest BCUT2D eigenvalue weighted by Crippen LogP contribution is 2.29. The first kappa shape index (κ1) is 19.4. The number of rotatable bonds is 6. The maximum Gasteiger partial charge on any atom is 0.274 e. The first-order valence-corrected chi connectivity index (χ1v) is 9.87. The first-order chi connectivity index (χ1) is 14.3. The summed E-state index contributed by atoms with van der Waals surface area (Å²) in [5.74, 6) is 0.734. The topological polar surface area (TPSA) is 56.6 Å². The largest absolute Gasteiger partial charge is 0.496 e. The van der Waals surface area contributed by atoms with E-state index in [9.17, 15) is 4.79 Å². The molecule has 0 unspecified atom stereocenters. The van der Waals surface area contributed by atoms with Gasteiger partial charge in [0.15, 0.2) is 0 Å². The molecule has 4 rings (SSSR count). The number of aromatic nitrogens is 2. The normalized spacial score (nSPS) is 14.7. The lowest BCUT2D eigenvalue weighted by atomic mass is 10.0. The molecule has 1 saturated heterocycles. The highest BCUT2D eigenvalue weighted by molar-refractivity contribution is 5.72. The zero-order valence-electron chi connectivity index (χ0n) is 16.6. The van der Waals surface area contributed by atoms with Gasteiger partial charge in [0, 0.05) is 25.2 Å². The van der Waals surface area contributed by atoms with Crippen LogP contribution in [0.3, 0.4) is 0 Å². The first-order valence-electron chi connectivity index (χ1n) is 9.87. The number of ether oxygens (including phenoxy) is 2. The molecule has 0 N–H and O–H groups in total. The molecule has 3 aromatic rings. The highest BCUT2D eigenvalue weighted by Gasteiger charge is 2.16. The SMILES string of the molecule is COc1ccccc1-c1cc(-c2ccccc2)c(=O)n(CCN2CCOCC2)n1. The van der Waals surface area contributed by atoms with Crippen molar-refractivity contribution in [3.05, 3.63) is 71.0 Å². The Kier molecular flexibility index (Phi) is 6.03. The molecular weight excluding hydrogens is 366 g/mol. The van der Waals surface area contributed by atoms with E-state index in [0.29, 0.717) is 12.1 Å². The number of nitrogens with zero attached hydrogens (tertiary/aromatic N) is 3. The summed E-state index contributed by atoms with van der Waals surface area (Å²) in [5, 5.41) is 4.69. The Morgan fingerprint density at radius 3 is 2.45 bits per heavy atom. The summed E-state index contributed by atoms with van der Waals surface area (Å²) in [4.78, 5) is 15.5. The van der Waals surface area contributed by atoms with Crippen LogP contribution >= 0.6 is 0 Å². The summed E-state index contributed by atoms with van der Waals surface area (Å²) in [6, 6.07) is 19.3. The molecule has 0 spiro atoms. The van der Waals surface area contributed by atoms with Crippen LogP contribution in [0, 0.1) is 0 Å². The predicted molar refractivity (Wildman–Crippen MR) is 113 cm³/mol. The molecule has 150 valence electrons. The Bertz CT molecular complexity index is 1010. The van der Waals surface area contributed by atoms with Crippen LogP contribution in [0.5, 0.6) is 5.75 Å². The zero-order chi connectivity index (χ0) is 20.1. The molecule has 2 aromatic carbocycles. The summed E-state index contributed by atoms with van der Waals surface area (Å²) in [6.45, 7) is 4.53. The fraction of sp³-hybridized carbons (Fsp3) is 0.304. The maximum absolute atomic E-state index is 13.2. The summed E-state index contributed by atoms with van der Waals surface area (Å²) in [7, 11) is 1.64. The van der Waals surface area contributed by atoms with E-state index in [4.69, 9.17) is 9.47 Å². The summed E-state index contributed by atoms with van der Waals surface area (Å²) in [5.41, 5.74) is 3.04. The van der Waals surface area contributed by atoms with Crippen molar-refractivity contribution in [2.75, 3.05) is 40.0 Å². The molecule has 1 aromatic heterocycles. The van der Waals surface area contributed by atoms with Gasteiger partial charge < -0.3 is 9.47 Å². The van der Waals surface area contributed by atoms with E-state index in [1.807, 2.05) is 60.7 Å². The number of morpholine rings is 1. The van der Waals surface area contributed by atoms with E-state index in [2.05, 4.69) is 10.00 Å². The second-order valence-electron chi connectivity index (χ2n) is 6.99. The monoisotopic (exact) mass is 391 g/mol. The van der Waals surface area contributed by atoms with Crippen molar-refractivity contribution >= 4 is 0 Å². The van der Waals surface area contributed by atoms with Gasteiger partial charge in [-0.15, -0.1) is 0 Å². The highest BCUT2D eigenvalue weighted by atomic mass is 16.5. The van der Waals surface area contributed by atoms with Crippen molar-refractivity contribution in [1.29, 1.82) is 0 Å². The van der Waals surface area contributed by atoms with Crippen LogP contribution in [0.25, 0.3) is 22.4 Å². The van der Waals surface area contributed by atoms with Crippen LogP contribution in [0.1, 0.15) is 0 Å². The molecule has 6 heteroatoms. The second kappa shape index (κ2) is 9.03. The van der Waals surface area contributed by atoms with Crippen molar-refractivity contribution < 1.29 is 9.47 Å². The number of benzene rings is 2. The van der Waals surface area contributed by atoms with Gasteiger partial charge in [0.25, 0.3) is 5.56 Å². The molecule has 2 heterocycles. The van der Waals surface area contributed by atoms with Crippen molar-refractivity contribution in [2.24, 2.45) is 0 Å². The fourth-order valence-electron chi connectivity index (χ4n) is 3.57. The van der Waals surface area contributed by atoms with Gasteiger partial charge in [-0.1, -0.05) is 42.5 Å². The minimum absolute atomic E-state index is 0.0805. The molecule has 0 bridgehead atoms. The second-order valence-corrected chi connectivity index (χ2v) is 6.99. The van der Waals surface area contributed by atoms with Crippen LogP contribution < -0.4 is 10.3 Å². The molecule has 0 atom stereocenters. The number of methoxy groups -OCH3 is 1. The Morgan fingerprint density at radius 2 is 1.69 bits per heavy atom. The van der Waals surface area contributed by atoms with Gasteiger partial charge in [-0.05, 0) is 23.8 Å². The smallest absolute Gasteiger partial charge is 0.274 e. The van der Waals surface area contributed by atoms with Crippen LogP contribution in [0.15, 0.2) is 65.5 Å². The van der Waals surface area contributed by atoms with Gasteiger partial charge in [-0.3, -0.25) is 9.69 Å². The minimum atomic E-state index is -0.0805. The van der Waals surface area contributed by atoms with Gasteiger partial charge in [-0.2, -0.15) is 5.10 Å². The molecule has 0 aliphatic carbocycles. The molecule has 6 nitrogen and oxygen atoms in total. The molecule has 29 heavy (non-hydrogen) atoms. The zero-order valence-corrected chi connectivity index (χ0v) is 16.6. The average molecular weight is 391 g/mol. The molecule has 1 aliphatic rings. The van der Waals surface area contributed by atoms with Crippen molar-refractivity contribution in [3.63, 3.8) is 0 Å².